The molecular formula is C13H16N2O2S2. The van der Waals surface area contributed by atoms with Crippen LogP contribution in [0.5, 0.6) is 0 Å². The summed E-state index contributed by atoms with van der Waals surface area (Å²) in [7, 11) is -1.66. The van der Waals surface area contributed by atoms with Crippen LogP contribution in [0.25, 0.3) is 0 Å². The lowest BCUT2D eigenvalue weighted by Gasteiger charge is -2.06. The summed E-state index contributed by atoms with van der Waals surface area (Å²) in [6.45, 7) is 2.59. The number of hydrogen-bond acceptors (Lipinski definition) is 4. The van der Waals surface area contributed by atoms with Crippen LogP contribution in [0.15, 0.2) is 39.9 Å². The Morgan fingerprint density at radius 1 is 1.26 bits per heavy atom. The van der Waals surface area contributed by atoms with Crippen molar-refractivity contribution in [3.63, 3.8) is 0 Å². The number of hydrogen-bond donors (Lipinski definition) is 2. The predicted molar refractivity (Wildman–Crippen MR) is 79.1 cm³/mol. The topological polar surface area (TPSA) is 58.2 Å². The van der Waals surface area contributed by atoms with Crippen molar-refractivity contribution in [2.75, 3.05) is 11.8 Å². The number of nitrogens with one attached hydrogen (secondary N) is 2. The average Bonchev–Trinajstić information content (AvgIpc) is 2.78. The van der Waals surface area contributed by atoms with E-state index >= 15 is 0 Å². The van der Waals surface area contributed by atoms with Crippen molar-refractivity contribution >= 4 is 27.0 Å². The van der Waals surface area contributed by atoms with E-state index in [2.05, 4.69) is 10.0 Å². The van der Waals surface area contributed by atoms with Gasteiger partial charge >= 0.3 is 0 Å². The number of aryl methyl sites for hydroxylation is 1. The van der Waals surface area contributed by atoms with E-state index < -0.39 is 10.0 Å². The Balaban J connectivity index is 2.22. The van der Waals surface area contributed by atoms with Crippen LogP contribution in [0.4, 0.5) is 5.69 Å². The second-order valence-corrected chi connectivity index (χ2v) is 7.10. The minimum Gasteiger partial charge on any atom is -0.316 e. The van der Waals surface area contributed by atoms with E-state index in [-0.39, 0.29) is 0 Å². The highest BCUT2D eigenvalue weighted by molar-refractivity contribution is 7.94. The van der Waals surface area contributed by atoms with E-state index in [9.17, 15) is 8.42 Å². The average molecular weight is 296 g/mol. The highest BCUT2D eigenvalue weighted by Crippen LogP contribution is 2.23. The summed E-state index contributed by atoms with van der Waals surface area (Å²) in [4.78, 5) is 0. The molecule has 0 bridgehead atoms. The lowest BCUT2D eigenvalue weighted by molar-refractivity contribution is 0.603. The van der Waals surface area contributed by atoms with E-state index in [1.807, 2.05) is 31.5 Å². The molecule has 102 valence electrons. The van der Waals surface area contributed by atoms with Crippen LogP contribution in [0.1, 0.15) is 11.1 Å². The monoisotopic (exact) mass is 296 g/mol. The minimum atomic E-state index is -3.49. The number of thiophene rings is 1. The highest BCUT2D eigenvalue weighted by atomic mass is 32.2. The van der Waals surface area contributed by atoms with Crippen molar-refractivity contribution in [1.82, 2.24) is 5.32 Å². The smallest absolute Gasteiger partial charge is 0.271 e. The zero-order valence-electron chi connectivity index (χ0n) is 10.8. The summed E-state index contributed by atoms with van der Waals surface area (Å²) in [5.41, 5.74) is 2.57. The van der Waals surface area contributed by atoms with Gasteiger partial charge in [-0.15, -0.1) is 11.3 Å². The molecule has 0 amide bonds. The van der Waals surface area contributed by atoms with E-state index in [1.54, 1.807) is 18.2 Å². The number of benzene rings is 1. The second kappa shape index (κ2) is 5.73. The van der Waals surface area contributed by atoms with Crippen molar-refractivity contribution in [1.29, 1.82) is 0 Å². The van der Waals surface area contributed by atoms with E-state index in [0.29, 0.717) is 16.4 Å². The molecule has 2 N–H and O–H groups in total. The zero-order chi connectivity index (χ0) is 13.9. The van der Waals surface area contributed by atoms with Crippen LogP contribution < -0.4 is 10.0 Å². The fraction of sp³-hybridized carbons (Fsp3) is 0.231. The first-order valence-corrected chi connectivity index (χ1v) is 8.19. The van der Waals surface area contributed by atoms with Gasteiger partial charge in [0.1, 0.15) is 4.21 Å². The molecule has 2 rings (SSSR count). The Bertz CT molecular complexity index is 663. The zero-order valence-corrected chi connectivity index (χ0v) is 12.4. The molecule has 0 saturated heterocycles. The van der Waals surface area contributed by atoms with Crippen LogP contribution in [0.3, 0.4) is 0 Å². The van der Waals surface area contributed by atoms with Gasteiger partial charge in [-0.3, -0.25) is 4.72 Å². The maximum atomic E-state index is 12.2. The Labute approximate surface area is 117 Å². The maximum absolute atomic E-state index is 12.2. The third kappa shape index (κ3) is 3.56. The Kier molecular flexibility index (Phi) is 4.24. The van der Waals surface area contributed by atoms with Crippen molar-refractivity contribution in [3.8, 4) is 0 Å². The highest BCUT2D eigenvalue weighted by Gasteiger charge is 2.16. The maximum Gasteiger partial charge on any atom is 0.271 e. The molecule has 1 aromatic heterocycles. The van der Waals surface area contributed by atoms with Crippen molar-refractivity contribution < 1.29 is 8.42 Å². The Morgan fingerprint density at radius 3 is 2.74 bits per heavy atom. The molecule has 0 saturated carbocycles. The third-order valence-electron chi connectivity index (χ3n) is 2.55. The fourth-order valence-electron chi connectivity index (χ4n) is 1.70. The molecule has 2 aromatic rings. The van der Waals surface area contributed by atoms with Gasteiger partial charge < -0.3 is 5.32 Å². The van der Waals surface area contributed by atoms with Gasteiger partial charge in [-0.1, -0.05) is 12.1 Å². The van der Waals surface area contributed by atoms with Gasteiger partial charge in [0.25, 0.3) is 10.0 Å². The first-order valence-electron chi connectivity index (χ1n) is 5.83. The quantitative estimate of drug-likeness (QED) is 0.891. The van der Waals surface area contributed by atoms with Crippen LogP contribution in [0.2, 0.25) is 0 Å². The van der Waals surface area contributed by atoms with E-state index in [4.69, 9.17) is 0 Å². The number of sulfonamides is 1. The van der Waals surface area contributed by atoms with Crippen LogP contribution >= 0.6 is 11.3 Å². The van der Waals surface area contributed by atoms with Gasteiger partial charge in [-0.25, -0.2) is 8.42 Å². The molecule has 0 spiro atoms. The van der Waals surface area contributed by atoms with Gasteiger partial charge in [0, 0.05) is 12.2 Å². The van der Waals surface area contributed by atoms with Gasteiger partial charge in [-0.2, -0.15) is 0 Å². The van der Waals surface area contributed by atoms with Gasteiger partial charge in [-0.05, 0) is 48.7 Å². The normalized spacial score (nSPS) is 11.5. The summed E-state index contributed by atoms with van der Waals surface area (Å²) < 4.78 is 27.3. The molecule has 0 aliphatic heterocycles. The van der Waals surface area contributed by atoms with E-state index in [1.165, 1.54) is 11.3 Å². The predicted octanol–water partition coefficient (Wildman–Crippen LogP) is 2.58. The summed E-state index contributed by atoms with van der Waals surface area (Å²) in [5, 5.41) is 4.85. The Morgan fingerprint density at radius 2 is 2.05 bits per heavy atom. The van der Waals surface area contributed by atoms with Gasteiger partial charge in [0.05, 0.1) is 0 Å². The fourth-order valence-corrected chi connectivity index (χ4v) is 3.96. The summed E-state index contributed by atoms with van der Waals surface area (Å²) >= 11 is 1.23. The molecule has 0 atom stereocenters. The first-order chi connectivity index (χ1) is 9.01. The van der Waals surface area contributed by atoms with Crippen molar-refractivity contribution in [2.45, 2.75) is 17.7 Å². The molecule has 0 aliphatic carbocycles. The number of rotatable bonds is 5. The minimum absolute atomic E-state index is 0.333. The molecule has 0 fully saturated rings. The standard InChI is InChI=1S/C13H16N2O2S2/c1-10-4-3-5-12(6-10)15-19(16,17)13-7-11(8-14-2)9-18-13/h3-7,9,14-15H,8H2,1-2H3. The molecule has 19 heavy (non-hydrogen) atoms. The Hall–Kier alpha value is -1.37. The van der Waals surface area contributed by atoms with Crippen molar-refractivity contribution in [3.05, 3.63) is 46.8 Å². The molecule has 0 radical (unpaired) electrons. The summed E-state index contributed by atoms with van der Waals surface area (Å²) in [6, 6.07) is 8.99. The van der Waals surface area contributed by atoms with Gasteiger partial charge in [0.15, 0.2) is 0 Å². The summed E-state index contributed by atoms with van der Waals surface area (Å²) in [6.07, 6.45) is 0. The molecule has 0 aliphatic rings. The number of anilines is 1. The second-order valence-electron chi connectivity index (χ2n) is 4.28. The third-order valence-corrected chi connectivity index (χ3v) is 5.42. The van der Waals surface area contributed by atoms with Gasteiger partial charge in [0.2, 0.25) is 0 Å². The lowest BCUT2D eigenvalue weighted by atomic mass is 10.2. The first kappa shape index (κ1) is 14.0. The molecule has 1 heterocycles. The largest absolute Gasteiger partial charge is 0.316 e. The lowest BCUT2D eigenvalue weighted by Crippen LogP contribution is -2.11. The molecule has 6 heteroatoms. The van der Waals surface area contributed by atoms with Crippen LogP contribution in [-0.2, 0) is 16.6 Å². The van der Waals surface area contributed by atoms with Crippen LogP contribution in [-0.4, -0.2) is 15.5 Å². The van der Waals surface area contributed by atoms with E-state index in [0.717, 1.165) is 11.1 Å². The molecule has 4 nitrogen and oxygen atoms in total. The molecule has 0 unspecified atom stereocenters. The van der Waals surface area contributed by atoms with Crippen LogP contribution in [0, 0.1) is 6.92 Å². The van der Waals surface area contributed by atoms with Crippen molar-refractivity contribution in [2.24, 2.45) is 0 Å². The molecule has 1 aromatic carbocycles. The summed E-state index contributed by atoms with van der Waals surface area (Å²) in [5.74, 6) is 0. The SMILES string of the molecule is CNCc1csc(S(=O)(=O)Nc2cccc(C)c2)c1. The molecular weight excluding hydrogens is 280 g/mol.